The molecule has 0 atom stereocenters. The monoisotopic (exact) mass is 411 g/mol. The van der Waals surface area contributed by atoms with Crippen LogP contribution in [0.3, 0.4) is 0 Å². The number of nitrogens with one attached hydrogen (secondary N) is 1. The molecule has 0 saturated carbocycles. The second-order valence-corrected chi connectivity index (χ2v) is 7.44. The first-order valence-electron chi connectivity index (χ1n) is 9.13. The molecule has 2 aromatic heterocycles. The smallest absolute Gasteiger partial charge is 0.309 e. The van der Waals surface area contributed by atoms with E-state index in [0.29, 0.717) is 18.7 Å². The molecule has 2 N–H and O–H groups in total. The van der Waals surface area contributed by atoms with Crippen LogP contribution in [0.5, 0.6) is 0 Å². The molecular formula is C21H21N3O4S. The Labute approximate surface area is 171 Å². The van der Waals surface area contributed by atoms with Crippen LogP contribution < -0.4 is 10.9 Å². The number of carbonyl (C=O) groups excluding carboxylic acids is 1. The lowest BCUT2D eigenvalue weighted by Gasteiger charge is -2.16. The molecule has 0 saturated heterocycles. The molecule has 0 aliphatic carbocycles. The summed E-state index contributed by atoms with van der Waals surface area (Å²) >= 11 is 1.12. The highest BCUT2D eigenvalue weighted by molar-refractivity contribution is 7.14. The van der Waals surface area contributed by atoms with Crippen LogP contribution in [0.2, 0.25) is 0 Å². The van der Waals surface area contributed by atoms with Crippen molar-refractivity contribution in [2.45, 2.75) is 33.2 Å². The molecule has 7 nitrogen and oxygen atoms in total. The molecular weight excluding hydrogens is 390 g/mol. The van der Waals surface area contributed by atoms with Gasteiger partial charge in [0.25, 0.3) is 11.5 Å². The first-order chi connectivity index (χ1) is 13.9. The summed E-state index contributed by atoms with van der Waals surface area (Å²) in [6.07, 6.45) is 0.446. The Bertz CT molecular complexity index is 1100. The molecule has 2 heterocycles. The van der Waals surface area contributed by atoms with E-state index in [9.17, 15) is 14.4 Å². The lowest BCUT2D eigenvalue weighted by molar-refractivity contribution is -0.136. The molecule has 0 bridgehead atoms. The third kappa shape index (κ3) is 4.78. The summed E-state index contributed by atoms with van der Waals surface area (Å²) in [6, 6.07) is 11.2. The summed E-state index contributed by atoms with van der Waals surface area (Å²) in [6.45, 7) is 4.23. The van der Waals surface area contributed by atoms with Crippen molar-refractivity contribution in [1.82, 2.24) is 9.55 Å². The number of benzene rings is 1. The number of carboxylic acids is 1. The fraction of sp³-hybridized carbons (Fsp3) is 0.238. The van der Waals surface area contributed by atoms with E-state index in [-0.39, 0.29) is 22.7 Å². The summed E-state index contributed by atoms with van der Waals surface area (Å²) in [4.78, 5) is 40.7. The normalized spacial score (nSPS) is 10.7. The zero-order valence-corrected chi connectivity index (χ0v) is 17.0. The topological polar surface area (TPSA) is 101 Å². The van der Waals surface area contributed by atoms with Gasteiger partial charge in [-0.25, -0.2) is 4.98 Å². The predicted octanol–water partition coefficient (Wildman–Crippen LogP) is 3.10. The van der Waals surface area contributed by atoms with Crippen molar-refractivity contribution in [3.8, 4) is 0 Å². The van der Waals surface area contributed by atoms with Gasteiger partial charge in [-0.05, 0) is 30.5 Å². The number of pyridine rings is 1. The number of hydrogen-bond donors (Lipinski definition) is 2. The number of carbonyl (C=O) groups is 2. The minimum atomic E-state index is -0.997. The Morgan fingerprint density at radius 1 is 1.24 bits per heavy atom. The van der Waals surface area contributed by atoms with Crippen molar-refractivity contribution < 1.29 is 14.7 Å². The average molecular weight is 411 g/mol. The van der Waals surface area contributed by atoms with Gasteiger partial charge in [0, 0.05) is 11.1 Å². The van der Waals surface area contributed by atoms with Crippen molar-refractivity contribution in [1.29, 1.82) is 0 Å². The number of nitrogens with zero attached hydrogens (tertiary/aromatic N) is 2. The number of aryl methyl sites for hydroxylation is 1. The number of thiazole rings is 1. The summed E-state index contributed by atoms with van der Waals surface area (Å²) in [5.74, 6) is -1.55. The first kappa shape index (κ1) is 20.5. The third-order valence-electron chi connectivity index (χ3n) is 4.48. The SMILES string of the molecule is CCc1c(C)cc(C(=O)Nc2nc(CC(=O)O)cs2)c(=O)n1Cc1ccccc1. The van der Waals surface area contributed by atoms with E-state index >= 15 is 0 Å². The van der Waals surface area contributed by atoms with Gasteiger partial charge in [0.2, 0.25) is 0 Å². The maximum absolute atomic E-state index is 13.1. The van der Waals surface area contributed by atoms with Gasteiger partial charge in [0.1, 0.15) is 5.56 Å². The standard InChI is InChI=1S/C21H21N3O4S/c1-3-17-13(2)9-16(20(28)24(17)11-14-7-5-4-6-8-14)19(27)23-21-22-15(12-29-21)10-18(25)26/h4-9,12H,3,10-11H2,1-2H3,(H,25,26)(H,22,23,27). The van der Waals surface area contributed by atoms with Crippen LogP contribution in [0.4, 0.5) is 5.13 Å². The van der Waals surface area contributed by atoms with Gasteiger partial charge in [0.15, 0.2) is 5.13 Å². The van der Waals surface area contributed by atoms with Crippen LogP contribution in [0.25, 0.3) is 0 Å². The van der Waals surface area contributed by atoms with Crippen LogP contribution >= 0.6 is 11.3 Å². The molecule has 0 radical (unpaired) electrons. The second-order valence-electron chi connectivity index (χ2n) is 6.59. The quantitative estimate of drug-likeness (QED) is 0.622. The van der Waals surface area contributed by atoms with E-state index in [1.165, 1.54) is 0 Å². The molecule has 0 fully saturated rings. The summed E-state index contributed by atoms with van der Waals surface area (Å²) in [7, 11) is 0. The van der Waals surface area contributed by atoms with Gasteiger partial charge >= 0.3 is 5.97 Å². The maximum Gasteiger partial charge on any atom is 0.309 e. The van der Waals surface area contributed by atoms with E-state index in [0.717, 1.165) is 28.2 Å². The Morgan fingerprint density at radius 2 is 1.97 bits per heavy atom. The summed E-state index contributed by atoms with van der Waals surface area (Å²) in [5, 5.41) is 13.3. The highest BCUT2D eigenvalue weighted by atomic mass is 32.1. The van der Waals surface area contributed by atoms with Crippen molar-refractivity contribution >= 4 is 28.3 Å². The van der Waals surface area contributed by atoms with Gasteiger partial charge in [-0.1, -0.05) is 37.3 Å². The van der Waals surface area contributed by atoms with E-state index in [2.05, 4.69) is 10.3 Å². The molecule has 3 aromatic rings. The van der Waals surface area contributed by atoms with Crippen molar-refractivity contribution in [2.24, 2.45) is 0 Å². The van der Waals surface area contributed by atoms with Gasteiger partial charge in [-0.3, -0.25) is 19.7 Å². The van der Waals surface area contributed by atoms with E-state index < -0.39 is 11.9 Å². The molecule has 1 amide bonds. The van der Waals surface area contributed by atoms with Crippen LogP contribution in [-0.4, -0.2) is 26.5 Å². The maximum atomic E-state index is 13.1. The highest BCUT2D eigenvalue weighted by Crippen LogP contribution is 2.18. The van der Waals surface area contributed by atoms with Crippen LogP contribution in [0, 0.1) is 6.92 Å². The molecule has 1 aromatic carbocycles. The lowest BCUT2D eigenvalue weighted by Crippen LogP contribution is -2.32. The zero-order valence-electron chi connectivity index (χ0n) is 16.1. The van der Waals surface area contributed by atoms with Gasteiger partial charge in [0.05, 0.1) is 18.7 Å². The third-order valence-corrected chi connectivity index (χ3v) is 5.29. The van der Waals surface area contributed by atoms with Crippen molar-refractivity contribution in [2.75, 3.05) is 5.32 Å². The van der Waals surface area contributed by atoms with Crippen molar-refractivity contribution in [3.05, 3.63) is 80.2 Å². The lowest BCUT2D eigenvalue weighted by atomic mass is 10.1. The summed E-state index contributed by atoms with van der Waals surface area (Å²) < 4.78 is 1.64. The zero-order chi connectivity index (χ0) is 21.0. The average Bonchev–Trinajstić information content (AvgIpc) is 3.11. The Balaban J connectivity index is 1.92. The van der Waals surface area contributed by atoms with Crippen molar-refractivity contribution in [3.63, 3.8) is 0 Å². The van der Waals surface area contributed by atoms with E-state index in [1.54, 1.807) is 16.0 Å². The number of aromatic nitrogens is 2. The Kier molecular flexibility index (Phi) is 6.23. The minimum absolute atomic E-state index is 0.0330. The Hall–Kier alpha value is -3.26. The highest BCUT2D eigenvalue weighted by Gasteiger charge is 2.18. The molecule has 150 valence electrons. The van der Waals surface area contributed by atoms with E-state index in [4.69, 9.17) is 5.11 Å². The number of rotatable bonds is 7. The van der Waals surface area contributed by atoms with E-state index in [1.807, 2.05) is 44.2 Å². The molecule has 0 unspecified atom stereocenters. The molecule has 29 heavy (non-hydrogen) atoms. The van der Waals surface area contributed by atoms with Gasteiger partial charge < -0.3 is 9.67 Å². The molecule has 0 aliphatic rings. The number of hydrogen-bond acceptors (Lipinski definition) is 5. The summed E-state index contributed by atoms with van der Waals surface area (Å²) in [5.41, 5.74) is 2.74. The van der Waals surface area contributed by atoms with Crippen LogP contribution in [0.1, 0.15) is 39.8 Å². The number of carboxylic acid groups (broad SMARTS) is 1. The Morgan fingerprint density at radius 3 is 2.62 bits per heavy atom. The number of amides is 1. The minimum Gasteiger partial charge on any atom is -0.481 e. The second kappa shape index (κ2) is 8.83. The molecule has 3 rings (SSSR count). The molecule has 8 heteroatoms. The number of aliphatic carboxylic acids is 1. The predicted molar refractivity (Wildman–Crippen MR) is 112 cm³/mol. The van der Waals surface area contributed by atoms with Crippen LogP contribution in [-0.2, 0) is 24.2 Å². The number of anilines is 1. The van der Waals surface area contributed by atoms with Crippen LogP contribution in [0.15, 0.2) is 46.6 Å². The fourth-order valence-electron chi connectivity index (χ4n) is 3.17. The molecule has 0 aliphatic heterocycles. The largest absolute Gasteiger partial charge is 0.481 e. The molecule has 0 spiro atoms. The first-order valence-corrected chi connectivity index (χ1v) is 10.0. The van der Waals surface area contributed by atoms with Gasteiger partial charge in [-0.2, -0.15) is 0 Å². The fourth-order valence-corrected chi connectivity index (χ4v) is 3.88. The van der Waals surface area contributed by atoms with Gasteiger partial charge in [-0.15, -0.1) is 11.3 Å².